The molecule has 28 heavy (non-hydrogen) atoms. The van der Waals surface area contributed by atoms with Crippen LogP contribution in [-0.4, -0.2) is 23.2 Å². The van der Waals surface area contributed by atoms with Crippen molar-refractivity contribution in [3.05, 3.63) is 70.3 Å². The molecule has 0 aliphatic rings. The summed E-state index contributed by atoms with van der Waals surface area (Å²) in [5, 5.41) is 6.71. The van der Waals surface area contributed by atoms with Gasteiger partial charge in [0.05, 0.1) is 10.7 Å². The van der Waals surface area contributed by atoms with Gasteiger partial charge in [0.1, 0.15) is 19.0 Å². The van der Waals surface area contributed by atoms with E-state index in [1.54, 1.807) is 11.3 Å². The van der Waals surface area contributed by atoms with Crippen LogP contribution >= 0.6 is 11.3 Å². The SMILES string of the molecule is CC(C)(C)c1nc(CNCc2ccc(OCCOc3ccccc3)nc2)cs1. The average molecular weight is 398 g/mol. The third kappa shape index (κ3) is 6.32. The molecule has 3 aromatic rings. The van der Waals surface area contributed by atoms with Crippen molar-refractivity contribution >= 4 is 11.3 Å². The van der Waals surface area contributed by atoms with Gasteiger partial charge in [0.25, 0.3) is 0 Å². The van der Waals surface area contributed by atoms with Gasteiger partial charge in [0.2, 0.25) is 5.88 Å². The summed E-state index contributed by atoms with van der Waals surface area (Å²) in [6.45, 7) is 9.00. The maximum absolute atomic E-state index is 5.63. The Labute approximate surface area is 170 Å². The number of thiazole rings is 1. The molecule has 148 valence electrons. The molecule has 0 amide bonds. The maximum atomic E-state index is 5.63. The lowest BCUT2D eigenvalue weighted by atomic mass is 9.98. The molecule has 2 aromatic heterocycles. The van der Waals surface area contributed by atoms with Crippen LogP contribution in [-0.2, 0) is 18.5 Å². The first kappa shape index (κ1) is 20.3. The third-order valence-electron chi connectivity index (χ3n) is 3.97. The molecular formula is C22H27N3O2S. The van der Waals surface area contributed by atoms with Crippen LogP contribution in [0.2, 0.25) is 0 Å². The summed E-state index contributed by atoms with van der Waals surface area (Å²) in [6, 6.07) is 13.6. The smallest absolute Gasteiger partial charge is 0.213 e. The van der Waals surface area contributed by atoms with Crippen molar-refractivity contribution in [2.45, 2.75) is 39.3 Å². The number of pyridine rings is 1. The van der Waals surface area contributed by atoms with Gasteiger partial charge in [0, 0.05) is 36.1 Å². The Hall–Kier alpha value is -2.44. The van der Waals surface area contributed by atoms with Crippen molar-refractivity contribution in [1.82, 2.24) is 15.3 Å². The second kappa shape index (κ2) is 9.66. The summed E-state index contributed by atoms with van der Waals surface area (Å²) in [5.41, 5.74) is 2.30. The zero-order chi connectivity index (χ0) is 19.8. The summed E-state index contributed by atoms with van der Waals surface area (Å²) >= 11 is 1.72. The predicted octanol–water partition coefficient (Wildman–Crippen LogP) is 4.58. The molecule has 6 heteroatoms. The zero-order valence-electron chi connectivity index (χ0n) is 16.6. The lowest BCUT2D eigenvalue weighted by Gasteiger charge is -2.13. The highest BCUT2D eigenvalue weighted by molar-refractivity contribution is 7.09. The van der Waals surface area contributed by atoms with Crippen LogP contribution in [0.5, 0.6) is 11.6 Å². The number of nitrogens with zero attached hydrogens (tertiary/aromatic N) is 2. The topological polar surface area (TPSA) is 56.3 Å². The van der Waals surface area contributed by atoms with Gasteiger partial charge in [-0.25, -0.2) is 9.97 Å². The summed E-state index contributed by atoms with van der Waals surface area (Å²) in [6.07, 6.45) is 1.84. The maximum Gasteiger partial charge on any atom is 0.213 e. The highest BCUT2D eigenvalue weighted by Crippen LogP contribution is 2.25. The van der Waals surface area contributed by atoms with Crippen molar-refractivity contribution in [3.8, 4) is 11.6 Å². The zero-order valence-corrected chi connectivity index (χ0v) is 17.5. The fraction of sp³-hybridized carbons (Fsp3) is 0.364. The molecule has 1 N–H and O–H groups in total. The van der Waals surface area contributed by atoms with Crippen LogP contribution in [0, 0.1) is 0 Å². The Morgan fingerprint density at radius 1 is 0.964 bits per heavy atom. The van der Waals surface area contributed by atoms with Gasteiger partial charge in [-0.15, -0.1) is 11.3 Å². The molecule has 2 heterocycles. The van der Waals surface area contributed by atoms with E-state index in [4.69, 9.17) is 14.5 Å². The summed E-state index contributed by atoms with van der Waals surface area (Å²) < 4.78 is 11.2. The minimum absolute atomic E-state index is 0.106. The molecule has 0 fully saturated rings. The normalized spacial score (nSPS) is 11.4. The molecule has 0 atom stereocenters. The van der Waals surface area contributed by atoms with E-state index in [2.05, 4.69) is 36.5 Å². The number of ether oxygens (including phenoxy) is 2. The number of nitrogens with one attached hydrogen (secondary N) is 1. The predicted molar refractivity (Wildman–Crippen MR) is 113 cm³/mol. The standard InChI is InChI=1S/C22H27N3O2S/c1-22(2,3)21-25-18(16-28-21)15-23-13-17-9-10-20(24-14-17)27-12-11-26-19-7-5-4-6-8-19/h4-10,14,16,23H,11-13,15H2,1-3H3. The van der Waals surface area contributed by atoms with Crippen molar-refractivity contribution in [2.75, 3.05) is 13.2 Å². The lowest BCUT2D eigenvalue weighted by Crippen LogP contribution is -2.15. The van der Waals surface area contributed by atoms with Crippen molar-refractivity contribution in [3.63, 3.8) is 0 Å². The van der Waals surface area contributed by atoms with Crippen LogP contribution in [0.15, 0.2) is 54.0 Å². The number of hydrogen-bond donors (Lipinski definition) is 1. The monoisotopic (exact) mass is 397 g/mol. The third-order valence-corrected chi connectivity index (χ3v) is 5.29. The summed E-state index contributed by atoms with van der Waals surface area (Å²) in [7, 11) is 0. The van der Waals surface area contributed by atoms with E-state index in [0.29, 0.717) is 19.1 Å². The molecule has 0 aliphatic heterocycles. The van der Waals surface area contributed by atoms with E-state index in [9.17, 15) is 0 Å². The Bertz CT molecular complexity index is 842. The minimum Gasteiger partial charge on any atom is -0.490 e. The van der Waals surface area contributed by atoms with Gasteiger partial charge in [-0.2, -0.15) is 0 Å². The molecule has 0 unspecified atom stereocenters. The van der Waals surface area contributed by atoms with Gasteiger partial charge in [-0.3, -0.25) is 0 Å². The van der Waals surface area contributed by atoms with E-state index >= 15 is 0 Å². The van der Waals surface area contributed by atoms with E-state index in [1.807, 2.05) is 48.7 Å². The number of benzene rings is 1. The van der Waals surface area contributed by atoms with Crippen LogP contribution in [0.4, 0.5) is 0 Å². The van der Waals surface area contributed by atoms with Crippen LogP contribution < -0.4 is 14.8 Å². The number of para-hydroxylation sites is 1. The molecule has 0 radical (unpaired) electrons. The van der Waals surface area contributed by atoms with Crippen molar-refractivity contribution in [1.29, 1.82) is 0 Å². The fourth-order valence-corrected chi connectivity index (χ4v) is 3.40. The second-order valence-corrected chi connectivity index (χ2v) is 8.37. The van der Waals surface area contributed by atoms with Gasteiger partial charge in [0.15, 0.2) is 0 Å². The molecule has 0 aliphatic carbocycles. The molecule has 0 saturated carbocycles. The first-order chi connectivity index (χ1) is 13.5. The van der Waals surface area contributed by atoms with E-state index < -0.39 is 0 Å². The highest BCUT2D eigenvalue weighted by Gasteiger charge is 2.17. The Morgan fingerprint density at radius 3 is 2.43 bits per heavy atom. The highest BCUT2D eigenvalue weighted by atomic mass is 32.1. The average Bonchev–Trinajstić information content (AvgIpc) is 3.17. The fourth-order valence-electron chi connectivity index (χ4n) is 2.49. The second-order valence-electron chi connectivity index (χ2n) is 7.51. The minimum atomic E-state index is 0.106. The largest absolute Gasteiger partial charge is 0.490 e. The Kier molecular flexibility index (Phi) is 7.01. The number of aromatic nitrogens is 2. The van der Waals surface area contributed by atoms with Gasteiger partial charge >= 0.3 is 0 Å². The van der Waals surface area contributed by atoms with Gasteiger partial charge < -0.3 is 14.8 Å². The number of rotatable bonds is 9. The van der Waals surface area contributed by atoms with Crippen molar-refractivity contribution < 1.29 is 9.47 Å². The summed E-state index contributed by atoms with van der Waals surface area (Å²) in [5.74, 6) is 1.45. The van der Waals surface area contributed by atoms with E-state index in [0.717, 1.165) is 30.1 Å². The molecule has 0 bridgehead atoms. The van der Waals surface area contributed by atoms with Gasteiger partial charge in [-0.05, 0) is 17.7 Å². The molecule has 0 saturated heterocycles. The van der Waals surface area contributed by atoms with E-state index in [-0.39, 0.29) is 5.41 Å². The Balaban J connectivity index is 1.36. The van der Waals surface area contributed by atoms with Gasteiger partial charge in [-0.1, -0.05) is 45.0 Å². The van der Waals surface area contributed by atoms with Crippen LogP contribution in [0.25, 0.3) is 0 Å². The molecular weight excluding hydrogens is 370 g/mol. The summed E-state index contributed by atoms with van der Waals surface area (Å²) in [4.78, 5) is 9.05. The molecule has 3 rings (SSSR count). The quantitative estimate of drug-likeness (QED) is 0.536. The lowest BCUT2D eigenvalue weighted by molar-refractivity contribution is 0.212. The molecule has 5 nitrogen and oxygen atoms in total. The van der Waals surface area contributed by atoms with Crippen LogP contribution in [0.1, 0.15) is 37.0 Å². The first-order valence-corrected chi connectivity index (χ1v) is 10.3. The molecule has 1 aromatic carbocycles. The van der Waals surface area contributed by atoms with Crippen LogP contribution in [0.3, 0.4) is 0 Å². The number of hydrogen-bond acceptors (Lipinski definition) is 6. The first-order valence-electron chi connectivity index (χ1n) is 9.42. The van der Waals surface area contributed by atoms with E-state index in [1.165, 1.54) is 5.01 Å². The Morgan fingerprint density at radius 2 is 1.75 bits per heavy atom. The molecule has 0 spiro atoms. The van der Waals surface area contributed by atoms with Crippen molar-refractivity contribution in [2.24, 2.45) is 0 Å².